The Bertz CT molecular complexity index is 439. The highest BCUT2D eigenvalue weighted by Gasteiger charge is 2.34. The van der Waals surface area contributed by atoms with Crippen molar-refractivity contribution in [1.29, 1.82) is 0 Å². The van der Waals surface area contributed by atoms with E-state index in [-0.39, 0.29) is 11.5 Å². The van der Waals surface area contributed by atoms with Gasteiger partial charge in [0.2, 0.25) is 5.90 Å². The standard InChI is InChI=1S/C10H7F4NO/c11-8-5-6(9-15-3-4-16-9)1-2-7(8)10(12,13)14/h1-2,5H,3-4H2. The summed E-state index contributed by atoms with van der Waals surface area (Å²) in [5.74, 6) is -1.13. The number of hydrogen-bond acceptors (Lipinski definition) is 2. The third-order valence-corrected chi connectivity index (χ3v) is 2.11. The van der Waals surface area contributed by atoms with Crippen molar-refractivity contribution in [1.82, 2.24) is 0 Å². The van der Waals surface area contributed by atoms with E-state index in [1.54, 1.807) is 0 Å². The topological polar surface area (TPSA) is 21.6 Å². The average Bonchev–Trinajstić information content (AvgIpc) is 2.68. The van der Waals surface area contributed by atoms with E-state index in [0.29, 0.717) is 19.2 Å². The number of ether oxygens (including phenoxy) is 1. The normalized spacial score (nSPS) is 15.9. The van der Waals surface area contributed by atoms with Crippen molar-refractivity contribution in [3.8, 4) is 0 Å². The minimum Gasteiger partial charge on any atom is -0.476 e. The molecule has 1 aromatic carbocycles. The van der Waals surface area contributed by atoms with Gasteiger partial charge in [0.15, 0.2) is 0 Å². The fraction of sp³-hybridized carbons (Fsp3) is 0.300. The average molecular weight is 233 g/mol. The van der Waals surface area contributed by atoms with Crippen LogP contribution in [0.3, 0.4) is 0 Å². The highest BCUT2D eigenvalue weighted by molar-refractivity contribution is 5.94. The van der Waals surface area contributed by atoms with E-state index in [1.165, 1.54) is 0 Å². The zero-order valence-electron chi connectivity index (χ0n) is 8.01. The van der Waals surface area contributed by atoms with Crippen LogP contribution < -0.4 is 0 Å². The quantitative estimate of drug-likeness (QED) is 0.683. The second-order valence-electron chi connectivity index (χ2n) is 3.23. The summed E-state index contributed by atoms with van der Waals surface area (Å²) in [6.07, 6.45) is -4.68. The maximum atomic E-state index is 13.2. The van der Waals surface area contributed by atoms with Crippen LogP contribution in [0.15, 0.2) is 23.2 Å². The van der Waals surface area contributed by atoms with Crippen molar-refractivity contribution in [2.75, 3.05) is 13.2 Å². The fourth-order valence-corrected chi connectivity index (χ4v) is 1.39. The Kier molecular flexibility index (Phi) is 2.57. The van der Waals surface area contributed by atoms with Crippen molar-refractivity contribution in [3.05, 3.63) is 35.1 Å². The number of aliphatic imine (C=N–C) groups is 1. The summed E-state index contributed by atoms with van der Waals surface area (Å²) in [5, 5.41) is 0. The zero-order valence-corrected chi connectivity index (χ0v) is 8.01. The number of halogens is 4. The van der Waals surface area contributed by atoms with Crippen molar-refractivity contribution in [3.63, 3.8) is 0 Å². The predicted molar refractivity (Wildman–Crippen MR) is 48.8 cm³/mol. The molecule has 0 N–H and O–H groups in total. The van der Waals surface area contributed by atoms with Crippen LogP contribution in [0.5, 0.6) is 0 Å². The molecule has 0 aliphatic carbocycles. The molecule has 0 aromatic heterocycles. The first-order valence-corrected chi connectivity index (χ1v) is 4.53. The molecule has 1 aliphatic heterocycles. The first-order valence-electron chi connectivity index (χ1n) is 4.53. The molecule has 1 aliphatic rings. The second kappa shape index (κ2) is 3.77. The molecule has 6 heteroatoms. The molecular weight excluding hydrogens is 226 g/mol. The highest BCUT2D eigenvalue weighted by Crippen LogP contribution is 2.31. The lowest BCUT2D eigenvalue weighted by molar-refractivity contribution is -0.140. The number of alkyl halides is 3. The molecule has 0 radical (unpaired) electrons. The van der Waals surface area contributed by atoms with Gasteiger partial charge in [-0.15, -0.1) is 0 Å². The van der Waals surface area contributed by atoms with Crippen LogP contribution in [0, 0.1) is 5.82 Å². The maximum absolute atomic E-state index is 13.2. The predicted octanol–water partition coefficient (Wildman–Crippen LogP) is 2.62. The van der Waals surface area contributed by atoms with E-state index in [0.717, 1.165) is 12.1 Å². The minimum absolute atomic E-state index is 0.188. The van der Waals surface area contributed by atoms with Gasteiger partial charge in [-0.3, -0.25) is 0 Å². The van der Waals surface area contributed by atoms with Crippen LogP contribution in [-0.2, 0) is 10.9 Å². The van der Waals surface area contributed by atoms with Gasteiger partial charge in [0.1, 0.15) is 12.4 Å². The molecule has 0 unspecified atom stereocenters. The minimum atomic E-state index is -4.68. The third-order valence-electron chi connectivity index (χ3n) is 2.11. The molecule has 0 amide bonds. The van der Waals surface area contributed by atoms with Crippen LogP contribution in [0.4, 0.5) is 17.6 Å². The zero-order chi connectivity index (χ0) is 11.8. The fourth-order valence-electron chi connectivity index (χ4n) is 1.39. The summed E-state index contributed by atoms with van der Waals surface area (Å²) in [7, 11) is 0. The van der Waals surface area contributed by atoms with Crippen LogP contribution >= 0.6 is 0 Å². The van der Waals surface area contributed by atoms with Gasteiger partial charge in [-0.1, -0.05) is 0 Å². The Morgan fingerprint density at radius 3 is 2.50 bits per heavy atom. The van der Waals surface area contributed by atoms with E-state index >= 15 is 0 Å². The molecule has 16 heavy (non-hydrogen) atoms. The van der Waals surface area contributed by atoms with Gasteiger partial charge >= 0.3 is 6.18 Å². The van der Waals surface area contributed by atoms with Crippen LogP contribution in [0.2, 0.25) is 0 Å². The molecule has 0 atom stereocenters. The monoisotopic (exact) mass is 233 g/mol. The van der Waals surface area contributed by atoms with Gasteiger partial charge in [0, 0.05) is 5.56 Å². The summed E-state index contributed by atoms with van der Waals surface area (Å²) in [5.41, 5.74) is -1.06. The molecule has 0 bridgehead atoms. The summed E-state index contributed by atoms with van der Waals surface area (Å²) in [6.45, 7) is 0.815. The molecule has 1 aromatic rings. The van der Waals surface area contributed by atoms with Gasteiger partial charge < -0.3 is 4.74 Å². The summed E-state index contributed by atoms with van der Waals surface area (Å²) < 4.78 is 55.0. The van der Waals surface area contributed by atoms with Gasteiger partial charge in [-0.2, -0.15) is 13.2 Å². The Hall–Kier alpha value is -1.59. The van der Waals surface area contributed by atoms with E-state index in [1.807, 2.05) is 0 Å². The summed E-state index contributed by atoms with van der Waals surface area (Å²) in [6, 6.07) is 2.62. The van der Waals surface area contributed by atoms with E-state index in [9.17, 15) is 17.6 Å². The SMILES string of the molecule is Fc1cc(C2=NCCO2)ccc1C(F)(F)F. The largest absolute Gasteiger partial charge is 0.476 e. The number of rotatable bonds is 1. The van der Waals surface area contributed by atoms with Crippen LogP contribution in [-0.4, -0.2) is 19.0 Å². The Morgan fingerprint density at radius 1 is 1.25 bits per heavy atom. The maximum Gasteiger partial charge on any atom is 0.419 e. The molecular formula is C10H7F4NO. The Labute approximate surface area is 88.6 Å². The van der Waals surface area contributed by atoms with Crippen molar-refractivity contribution in [2.24, 2.45) is 4.99 Å². The molecule has 1 heterocycles. The van der Waals surface area contributed by atoms with Gasteiger partial charge in [0.25, 0.3) is 0 Å². The summed E-state index contributed by atoms with van der Waals surface area (Å²) in [4.78, 5) is 3.89. The molecule has 0 saturated heterocycles. The molecule has 0 saturated carbocycles. The van der Waals surface area contributed by atoms with E-state index < -0.39 is 17.6 Å². The van der Waals surface area contributed by atoms with E-state index in [4.69, 9.17) is 4.74 Å². The number of benzene rings is 1. The highest BCUT2D eigenvalue weighted by atomic mass is 19.4. The smallest absolute Gasteiger partial charge is 0.419 e. The lowest BCUT2D eigenvalue weighted by atomic mass is 10.1. The summed E-state index contributed by atoms with van der Waals surface area (Å²) >= 11 is 0. The van der Waals surface area contributed by atoms with Crippen molar-refractivity contribution in [2.45, 2.75) is 6.18 Å². The molecule has 2 nitrogen and oxygen atoms in total. The van der Waals surface area contributed by atoms with Crippen LogP contribution in [0.1, 0.15) is 11.1 Å². The van der Waals surface area contributed by atoms with Crippen LogP contribution in [0.25, 0.3) is 0 Å². The lowest BCUT2D eigenvalue weighted by Crippen LogP contribution is -2.10. The second-order valence-corrected chi connectivity index (χ2v) is 3.23. The first kappa shape index (κ1) is 10.9. The van der Waals surface area contributed by atoms with Gasteiger partial charge in [0.05, 0.1) is 12.1 Å². The van der Waals surface area contributed by atoms with E-state index in [2.05, 4.69) is 4.99 Å². The Morgan fingerprint density at radius 2 is 2.00 bits per heavy atom. The van der Waals surface area contributed by atoms with Gasteiger partial charge in [-0.05, 0) is 18.2 Å². The van der Waals surface area contributed by atoms with Gasteiger partial charge in [-0.25, -0.2) is 9.38 Å². The number of hydrogen-bond donors (Lipinski definition) is 0. The molecule has 2 rings (SSSR count). The van der Waals surface area contributed by atoms with Crippen molar-refractivity contribution < 1.29 is 22.3 Å². The molecule has 0 spiro atoms. The Balaban J connectivity index is 2.36. The first-order chi connectivity index (χ1) is 7.48. The number of nitrogens with zero attached hydrogens (tertiary/aromatic N) is 1. The third kappa shape index (κ3) is 2.00. The molecule has 86 valence electrons. The van der Waals surface area contributed by atoms with Crippen molar-refractivity contribution >= 4 is 5.90 Å². The lowest BCUT2D eigenvalue weighted by Gasteiger charge is -2.09. The molecule has 0 fully saturated rings.